The smallest absolute Gasteiger partial charge is 0.0898 e. The normalized spacial score (nSPS) is 39.1. The van der Waals surface area contributed by atoms with E-state index in [9.17, 15) is 5.11 Å². The first-order valence-electron chi connectivity index (χ1n) is 8.45. The van der Waals surface area contributed by atoms with Gasteiger partial charge in [0.1, 0.15) is 0 Å². The molecule has 0 amide bonds. The van der Waals surface area contributed by atoms with Gasteiger partial charge in [0, 0.05) is 12.1 Å². The fraction of sp³-hybridized carbons (Fsp3) is 1.00. The summed E-state index contributed by atoms with van der Waals surface area (Å²) in [4.78, 5) is 0. The minimum Gasteiger partial charge on any atom is -1.00 e. The second-order valence-corrected chi connectivity index (χ2v) is 8.51. The lowest BCUT2D eigenvalue weighted by Crippen LogP contribution is -3.00. The van der Waals surface area contributed by atoms with E-state index < -0.39 is 0 Å². The van der Waals surface area contributed by atoms with Gasteiger partial charge < -0.3 is 27.6 Å². The van der Waals surface area contributed by atoms with Gasteiger partial charge in [0.15, 0.2) is 0 Å². The predicted octanol–water partition coefficient (Wildman–Crippen LogP) is -0.419. The zero-order chi connectivity index (χ0) is 14.3. The molecule has 4 aliphatic carbocycles. The van der Waals surface area contributed by atoms with E-state index in [0.717, 1.165) is 23.7 Å². The minimum absolute atomic E-state index is 0. The van der Waals surface area contributed by atoms with Crippen molar-refractivity contribution in [1.29, 1.82) is 0 Å². The maximum Gasteiger partial charge on any atom is 0.0898 e. The summed E-state index contributed by atoms with van der Waals surface area (Å²) in [5.74, 6) is 3.55. The van der Waals surface area contributed by atoms with E-state index in [1.807, 2.05) is 0 Å². The van der Waals surface area contributed by atoms with E-state index in [-0.39, 0.29) is 24.0 Å². The van der Waals surface area contributed by atoms with Crippen LogP contribution in [0, 0.1) is 23.7 Å². The topological polar surface area (TPSA) is 41.5 Å². The molecule has 0 spiro atoms. The third kappa shape index (κ3) is 4.34. The Hall–Kier alpha value is 0.170. The molecule has 21 heavy (non-hydrogen) atoms. The number of aliphatic hydroxyl groups is 1. The second kappa shape index (κ2) is 6.74. The largest absolute Gasteiger partial charge is 1.00 e. The molecule has 0 radical (unpaired) electrons. The lowest BCUT2D eigenvalue weighted by molar-refractivity contribution is -0.139. The van der Waals surface area contributed by atoms with Crippen LogP contribution in [0.3, 0.4) is 0 Å². The van der Waals surface area contributed by atoms with E-state index in [2.05, 4.69) is 26.1 Å². The van der Waals surface area contributed by atoms with Crippen LogP contribution in [0.5, 0.6) is 0 Å². The molecule has 4 heteroatoms. The van der Waals surface area contributed by atoms with Gasteiger partial charge >= 0.3 is 0 Å². The van der Waals surface area contributed by atoms with Gasteiger partial charge in [-0.25, -0.2) is 0 Å². The van der Waals surface area contributed by atoms with E-state index in [0.29, 0.717) is 19.3 Å². The summed E-state index contributed by atoms with van der Waals surface area (Å²) < 4.78 is 6.16. The van der Waals surface area contributed by atoms with Crippen LogP contribution in [-0.2, 0) is 4.74 Å². The lowest BCUT2D eigenvalue weighted by Gasteiger charge is -2.54. The highest BCUT2D eigenvalue weighted by Gasteiger charge is 2.48. The Kier molecular flexibility index (Phi) is 5.62. The molecular formula is C17H31ClNO2-. The summed E-state index contributed by atoms with van der Waals surface area (Å²) in [6.45, 7) is 7.49. The molecule has 4 rings (SSSR count). The quantitative estimate of drug-likeness (QED) is 0.724. The molecule has 2 N–H and O–H groups in total. The second-order valence-electron chi connectivity index (χ2n) is 8.51. The van der Waals surface area contributed by atoms with Gasteiger partial charge in [0.25, 0.3) is 0 Å². The van der Waals surface area contributed by atoms with Crippen LogP contribution < -0.4 is 17.7 Å². The number of aliphatic hydroxyl groups excluding tert-OH is 1. The molecule has 1 unspecified atom stereocenters. The fourth-order valence-corrected chi connectivity index (χ4v) is 4.85. The van der Waals surface area contributed by atoms with Gasteiger partial charge in [-0.3, -0.25) is 0 Å². The van der Waals surface area contributed by atoms with Crippen LogP contribution in [0.4, 0.5) is 0 Å². The highest BCUT2D eigenvalue weighted by molar-refractivity contribution is 4.99. The van der Waals surface area contributed by atoms with Gasteiger partial charge in [0.2, 0.25) is 0 Å². The maximum absolute atomic E-state index is 10.1. The Bertz CT molecular complexity index is 314. The van der Waals surface area contributed by atoms with Gasteiger partial charge in [0.05, 0.1) is 18.8 Å². The molecule has 4 bridgehead atoms. The van der Waals surface area contributed by atoms with Crippen molar-refractivity contribution in [3.63, 3.8) is 0 Å². The number of β-amino-alcohol motifs (C(OH)–C–C–N with tert-alkyl or cyclic N) is 1. The average Bonchev–Trinajstić information content (AvgIpc) is 2.34. The summed E-state index contributed by atoms with van der Waals surface area (Å²) in [7, 11) is 0. The number of nitrogens with one attached hydrogen (secondary N) is 1. The Balaban J connectivity index is 0.00000161. The summed E-state index contributed by atoms with van der Waals surface area (Å²) >= 11 is 0. The first-order valence-corrected chi connectivity index (χ1v) is 8.45. The third-order valence-electron chi connectivity index (χ3n) is 5.49. The van der Waals surface area contributed by atoms with Crippen molar-refractivity contribution in [3.8, 4) is 0 Å². The number of ether oxygens (including phenoxy) is 1. The first-order chi connectivity index (χ1) is 9.40. The van der Waals surface area contributed by atoms with E-state index >= 15 is 0 Å². The van der Waals surface area contributed by atoms with Gasteiger partial charge in [-0.2, -0.15) is 0 Å². The Morgan fingerprint density at radius 1 is 1.05 bits per heavy atom. The molecule has 0 aromatic carbocycles. The zero-order valence-electron chi connectivity index (χ0n) is 13.6. The Morgan fingerprint density at radius 3 is 2.05 bits per heavy atom. The molecule has 0 aromatic heterocycles. The van der Waals surface area contributed by atoms with Gasteiger partial charge in [-0.1, -0.05) is 0 Å². The number of rotatable bonds is 5. The van der Waals surface area contributed by atoms with Crippen molar-refractivity contribution in [2.24, 2.45) is 23.7 Å². The van der Waals surface area contributed by atoms with Crippen LogP contribution in [0.2, 0.25) is 0 Å². The fourth-order valence-electron chi connectivity index (χ4n) is 4.85. The van der Waals surface area contributed by atoms with Crippen LogP contribution in [-0.4, -0.2) is 36.0 Å². The van der Waals surface area contributed by atoms with Crippen LogP contribution in [0.25, 0.3) is 0 Å². The molecular weight excluding hydrogens is 286 g/mol. The van der Waals surface area contributed by atoms with Crippen molar-refractivity contribution in [2.75, 3.05) is 13.2 Å². The molecule has 1 atom stereocenters. The van der Waals surface area contributed by atoms with Crippen molar-refractivity contribution in [3.05, 3.63) is 0 Å². The molecule has 0 aliphatic heterocycles. The number of hydrogen-bond acceptors (Lipinski definition) is 3. The van der Waals surface area contributed by atoms with Gasteiger partial charge in [-0.05, 0) is 76.5 Å². The van der Waals surface area contributed by atoms with Crippen LogP contribution in [0.15, 0.2) is 0 Å². The summed E-state index contributed by atoms with van der Waals surface area (Å²) in [6, 6.07) is 0. The van der Waals surface area contributed by atoms with Crippen molar-refractivity contribution in [2.45, 2.75) is 70.6 Å². The SMILES string of the molecule is CC(C)(C)NCC(O)COC1C2CC3CC(C2)CC1C3.[Cl-]. The average molecular weight is 317 g/mol. The monoisotopic (exact) mass is 316 g/mol. The third-order valence-corrected chi connectivity index (χ3v) is 5.49. The molecule has 3 nitrogen and oxygen atoms in total. The van der Waals surface area contributed by atoms with E-state index in [1.165, 1.54) is 32.1 Å². The molecule has 4 aliphatic rings. The zero-order valence-corrected chi connectivity index (χ0v) is 14.4. The highest BCUT2D eigenvalue weighted by Crippen LogP contribution is 2.54. The van der Waals surface area contributed by atoms with Crippen molar-refractivity contribution < 1.29 is 22.3 Å². The van der Waals surface area contributed by atoms with E-state index in [1.54, 1.807) is 0 Å². The number of hydrogen-bond donors (Lipinski definition) is 2. The standard InChI is InChI=1S/C17H31NO2.ClH/c1-17(2,3)18-9-15(19)10-20-16-13-5-11-4-12(7-13)8-14(16)6-11;/h11-16,18-19H,4-10H2,1-3H3;1H/p-1. The first kappa shape index (κ1) is 17.5. The summed E-state index contributed by atoms with van der Waals surface area (Å²) in [5.41, 5.74) is 0.0591. The molecule has 4 fully saturated rings. The number of halogens is 1. The van der Waals surface area contributed by atoms with Crippen LogP contribution >= 0.6 is 0 Å². The van der Waals surface area contributed by atoms with Crippen molar-refractivity contribution in [1.82, 2.24) is 5.32 Å². The molecule has 0 aromatic rings. The molecule has 0 heterocycles. The van der Waals surface area contributed by atoms with Crippen LogP contribution in [0.1, 0.15) is 52.9 Å². The molecule has 124 valence electrons. The van der Waals surface area contributed by atoms with Crippen molar-refractivity contribution >= 4 is 0 Å². The summed E-state index contributed by atoms with van der Waals surface area (Å²) in [6.07, 6.45) is 7.07. The minimum atomic E-state index is -0.383. The van der Waals surface area contributed by atoms with E-state index in [4.69, 9.17) is 4.74 Å². The summed E-state index contributed by atoms with van der Waals surface area (Å²) in [5, 5.41) is 13.4. The Labute approximate surface area is 135 Å². The molecule has 4 saturated carbocycles. The Morgan fingerprint density at radius 2 is 1.57 bits per heavy atom. The lowest BCUT2D eigenvalue weighted by atomic mass is 9.55. The highest BCUT2D eigenvalue weighted by atomic mass is 35.5. The molecule has 0 saturated heterocycles. The maximum atomic E-state index is 10.1. The predicted molar refractivity (Wildman–Crippen MR) is 80.5 cm³/mol. The van der Waals surface area contributed by atoms with Gasteiger partial charge in [-0.15, -0.1) is 0 Å².